The van der Waals surface area contributed by atoms with Crippen molar-refractivity contribution in [3.8, 4) is 0 Å². The van der Waals surface area contributed by atoms with Crippen molar-refractivity contribution < 1.29 is 4.74 Å². The summed E-state index contributed by atoms with van der Waals surface area (Å²) in [5.74, 6) is 1.40. The van der Waals surface area contributed by atoms with Crippen LogP contribution < -0.4 is 0 Å². The number of hydrogen-bond donors (Lipinski definition) is 0. The van der Waals surface area contributed by atoms with Gasteiger partial charge in [-0.05, 0) is 31.1 Å². The van der Waals surface area contributed by atoms with E-state index in [9.17, 15) is 0 Å². The second kappa shape index (κ2) is 5.86. The number of rotatable bonds is 2. The van der Waals surface area contributed by atoms with Gasteiger partial charge in [0.15, 0.2) is 0 Å². The first-order valence-electron chi connectivity index (χ1n) is 4.96. The Kier molecular flexibility index (Phi) is 4.42. The highest BCUT2D eigenvalue weighted by Crippen LogP contribution is 2.18. The summed E-state index contributed by atoms with van der Waals surface area (Å²) < 4.78 is 5.57. The molecule has 1 rings (SSSR count). The molecule has 0 amide bonds. The van der Waals surface area contributed by atoms with Crippen LogP contribution in [0.5, 0.6) is 0 Å². The van der Waals surface area contributed by atoms with Gasteiger partial charge in [-0.3, -0.25) is 0 Å². The molecule has 0 radical (unpaired) electrons. The predicted octanol–water partition coefficient (Wildman–Crippen LogP) is 4.05. The van der Waals surface area contributed by atoms with Gasteiger partial charge in [0.05, 0.1) is 0 Å². The molecule has 0 aromatic rings. The van der Waals surface area contributed by atoms with Crippen LogP contribution in [-0.4, -0.2) is 0 Å². The first kappa shape index (κ1) is 11.3. The van der Waals surface area contributed by atoms with Crippen molar-refractivity contribution >= 4 is 0 Å². The van der Waals surface area contributed by atoms with Crippen molar-refractivity contribution in [3.63, 3.8) is 0 Å². The zero-order valence-corrected chi connectivity index (χ0v) is 9.07. The summed E-state index contributed by atoms with van der Waals surface area (Å²) in [6, 6.07) is 0. The lowest BCUT2D eigenvalue weighted by atomic mass is 10.1. The van der Waals surface area contributed by atoms with E-state index in [4.69, 9.17) is 4.74 Å². The molecule has 0 aromatic heterocycles. The zero-order valence-electron chi connectivity index (χ0n) is 9.07. The Morgan fingerprint density at radius 3 is 2.87 bits per heavy atom. The molecule has 0 atom stereocenters. The molecule has 0 aliphatic carbocycles. The van der Waals surface area contributed by atoms with E-state index < -0.39 is 0 Å². The van der Waals surface area contributed by atoms with Gasteiger partial charge in [-0.15, -0.1) is 0 Å². The van der Waals surface area contributed by atoms with Gasteiger partial charge >= 0.3 is 0 Å². The van der Waals surface area contributed by atoms with Crippen LogP contribution in [0.25, 0.3) is 0 Å². The molecule has 0 fully saturated rings. The van der Waals surface area contributed by atoms with Crippen molar-refractivity contribution in [2.75, 3.05) is 0 Å². The molecule has 0 saturated heterocycles. The molecule has 1 aliphatic rings. The van der Waals surface area contributed by atoms with Crippen molar-refractivity contribution in [3.05, 3.63) is 72.8 Å². The average Bonchev–Trinajstić information content (AvgIpc) is 2.31. The molecule has 1 heteroatoms. The fraction of sp³-hybridized carbons (Fsp3) is 0.143. The molecule has 0 N–H and O–H groups in total. The van der Waals surface area contributed by atoms with Crippen LogP contribution in [0.2, 0.25) is 0 Å². The first-order chi connectivity index (χ1) is 7.27. The lowest BCUT2D eigenvalue weighted by Gasteiger charge is -2.09. The normalized spacial score (nSPS) is 26.3. The number of ether oxygens (including phenoxy) is 1. The standard InChI is InChI=1S/C14H16O/c1-4-9-13-11-8-6-7-10-12(3)15-14(13)5-2/h4-10H,2-3,11H2,1H3/b8-6-,9-4-,10-7-,14-13-. The highest BCUT2D eigenvalue weighted by Gasteiger charge is 2.03. The summed E-state index contributed by atoms with van der Waals surface area (Å²) in [5.41, 5.74) is 1.11. The maximum atomic E-state index is 5.57. The maximum Gasteiger partial charge on any atom is 0.130 e. The monoisotopic (exact) mass is 200 g/mol. The third kappa shape index (κ3) is 3.47. The molecule has 0 aromatic carbocycles. The summed E-state index contributed by atoms with van der Waals surface area (Å²) in [7, 11) is 0. The Morgan fingerprint density at radius 1 is 1.40 bits per heavy atom. The molecular weight excluding hydrogens is 184 g/mol. The third-order valence-corrected chi connectivity index (χ3v) is 1.98. The minimum Gasteiger partial charge on any atom is -0.458 e. The zero-order chi connectivity index (χ0) is 11.1. The molecule has 0 bridgehead atoms. The first-order valence-corrected chi connectivity index (χ1v) is 4.96. The number of allylic oxidation sites excluding steroid dienone is 8. The number of hydrogen-bond acceptors (Lipinski definition) is 1. The van der Waals surface area contributed by atoms with Crippen molar-refractivity contribution in [1.29, 1.82) is 0 Å². The van der Waals surface area contributed by atoms with E-state index in [0.29, 0.717) is 5.76 Å². The van der Waals surface area contributed by atoms with Crippen molar-refractivity contribution in [2.24, 2.45) is 0 Å². The minimum absolute atomic E-state index is 0.624. The van der Waals surface area contributed by atoms with Gasteiger partial charge in [0.2, 0.25) is 0 Å². The van der Waals surface area contributed by atoms with Gasteiger partial charge in [-0.2, -0.15) is 0 Å². The van der Waals surface area contributed by atoms with Crippen LogP contribution in [0.15, 0.2) is 72.8 Å². The molecule has 78 valence electrons. The molecule has 0 spiro atoms. The minimum atomic E-state index is 0.624. The lowest BCUT2D eigenvalue weighted by molar-refractivity contribution is 0.334. The summed E-state index contributed by atoms with van der Waals surface area (Å²) in [4.78, 5) is 0. The summed E-state index contributed by atoms with van der Waals surface area (Å²) >= 11 is 0. The van der Waals surface area contributed by atoms with Gasteiger partial charge in [0.25, 0.3) is 0 Å². The van der Waals surface area contributed by atoms with Crippen LogP contribution in [0, 0.1) is 0 Å². The highest BCUT2D eigenvalue weighted by molar-refractivity contribution is 5.33. The van der Waals surface area contributed by atoms with Gasteiger partial charge in [-0.1, -0.05) is 43.5 Å². The van der Waals surface area contributed by atoms with Crippen molar-refractivity contribution in [1.82, 2.24) is 0 Å². The Bertz CT molecular complexity index is 365. The van der Waals surface area contributed by atoms with E-state index in [1.807, 2.05) is 37.3 Å². The Balaban J connectivity index is 3.07. The Hall–Kier alpha value is -1.76. The van der Waals surface area contributed by atoms with Crippen LogP contribution >= 0.6 is 0 Å². The van der Waals surface area contributed by atoms with E-state index >= 15 is 0 Å². The molecule has 1 nitrogen and oxygen atoms in total. The molecule has 1 heterocycles. The highest BCUT2D eigenvalue weighted by atomic mass is 16.5. The van der Waals surface area contributed by atoms with E-state index in [1.54, 1.807) is 6.08 Å². The Labute approximate surface area is 91.5 Å². The SMILES string of the molecule is C=C/C1=C(\C=C/C)C/C=C\C=C/C(=C)O1. The fourth-order valence-corrected chi connectivity index (χ4v) is 1.30. The average molecular weight is 200 g/mol. The molecule has 0 unspecified atom stereocenters. The lowest BCUT2D eigenvalue weighted by Crippen LogP contribution is -1.91. The molecule has 0 saturated carbocycles. The second-order valence-corrected chi connectivity index (χ2v) is 3.15. The van der Waals surface area contributed by atoms with Crippen molar-refractivity contribution in [2.45, 2.75) is 13.3 Å². The quantitative estimate of drug-likeness (QED) is 0.653. The largest absolute Gasteiger partial charge is 0.458 e. The van der Waals surface area contributed by atoms with E-state index in [2.05, 4.69) is 19.2 Å². The fourth-order valence-electron chi connectivity index (χ4n) is 1.30. The van der Waals surface area contributed by atoms with E-state index in [-0.39, 0.29) is 0 Å². The predicted molar refractivity (Wildman–Crippen MR) is 65.2 cm³/mol. The Morgan fingerprint density at radius 2 is 2.20 bits per heavy atom. The van der Waals surface area contributed by atoms with Gasteiger partial charge in [0.1, 0.15) is 11.5 Å². The second-order valence-electron chi connectivity index (χ2n) is 3.15. The molecule has 1 aliphatic heterocycles. The van der Waals surface area contributed by atoms with Gasteiger partial charge < -0.3 is 4.74 Å². The van der Waals surface area contributed by atoms with E-state index in [0.717, 1.165) is 17.8 Å². The topological polar surface area (TPSA) is 9.23 Å². The van der Waals surface area contributed by atoms with Crippen LogP contribution in [0.4, 0.5) is 0 Å². The van der Waals surface area contributed by atoms with Crippen LogP contribution in [-0.2, 0) is 4.74 Å². The van der Waals surface area contributed by atoms with Crippen LogP contribution in [0.1, 0.15) is 13.3 Å². The summed E-state index contributed by atoms with van der Waals surface area (Å²) in [6.07, 6.45) is 14.4. The molecular formula is C14H16O. The molecule has 15 heavy (non-hydrogen) atoms. The summed E-state index contributed by atoms with van der Waals surface area (Å²) in [5, 5.41) is 0. The smallest absolute Gasteiger partial charge is 0.130 e. The third-order valence-electron chi connectivity index (χ3n) is 1.98. The summed E-state index contributed by atoms with van der Waals surface area (Å²) in [6.45, 7) is 9.53. The van der Waals surface area contributed by atoms with Gasteiger partial charge in [0, 0.05) is 0 Å². The maximum absolute atomic E-state index is 5.57. The van der Waals surface area contributed by atoms with E-state index in [1.165, 1.54) is 0 Å². The van der Waals surface area contributed by atoms with Gasteiger partial charge in [-0.25, -0.2) is 0 Å². The van der Waals surface area contributed by atoms with Crippen LogP contribution in [0.3, 0.4) is 0 Å².